The van der Waals surface area contributed by atoms with Crippen molar-refractivity contribution in [3.05, 3.63) is 437 Å². The molecule has 0 atom stereocenters. The molecule has 0 rings (SSSR count). The molecule has 0 nitrogen and oxygen atoms in total. The Balaban J connectivity index is 6.15. The van der Waals surface area contributed by atoms with Crippen molar-refractivity contribution >= 4 is 0 Å². The minimum atomic E-state index is 2.37. The summed E-state index contributed by atoms with van der Waals surface area (Å²) in [4.78, 5) is 0. The maximum atomic E-state index is 3.32. The summed E-state index contributed by atoms with van der Waals surface area (Å²) in [6, 6.07) is 0. The van der Waals surface area contributed by atoms with E-state index >= 15 is 0 Å². The van der Waals surface area contributed by atoms with E-state index in [2.05, 4.69) is 437 Å². The van der Waals surface area contributed by atoms with Gasteiger partial charge in [-0.2, -0.15) is 0 Å². The van der Waals surface area contributed by atoms with E-state index in [1.165, 1.54) is 0 Å². The zero-order chi connectivity index (χ0) is 54.3. The van der Waals surface area contributed by atoms with Crippen molar-refractivity contribution in [1.29, 1.82) is 0 Å². The van der Waals surface area contributed by atoms with E-state index in [1.807, 2.05) is 0 Å². The molecule has 0 heterocycles. The molecule has 308 valence electrons. The molecule has 0 unspecified atom stereocenters. The Labute approximate surface area is 434 Å². The fourth-order valence-electron chi connectivity index (χ4n) is 2.28. The number of rotatable bonds is 0. The maximum Gasteiger partial charge on any atom is 0 e. The lowest BCUT2D eigenvalue weighted by molar-refractivity contribution is 2.10. The first-order valence-corrected chi connectivity index (χ1v) is 19.0. The van der Waals surface area contributed by atoms with Crippen LogP contribution in [-0.4, -0.2) is 0 Å². The molecule has 0 aliphatic heterocycles. The predicted molar refractivity (Wildman–Crippen MR) is 271 cm³/mol. The van der Waals surface area contributed by atoms with Gasteiger partial charge in [-0.25, -0.2) is 0 Å². The van der Waals surface area contributed by atoms with Gasteiger partial charge in [0.05, 0.1) is 0 Å². The molecule has 0 aromatic carbocycles. The van der Waals surface area contributed by atoms with Gasteiger partial charge in [0.1, 0.15) is 0 Å². The second-order valence-electron chi connectivity index (χ2n) is 9.35. The fourth-order valence-corrected chi connectivity index (χ4v) is 2.28. The van der Waals surface area contributed by atoms with Crippen LogP contribution in [0.2, 0.25) is 0 Å². The molecule has 0 fully saturated rings. The van der Waals surface area contributed by atoms with Crippen molar-refractivity contribution < 1.29 is 0 Å². The summed E-state index contributed by atoms with van der Waals surface area (Å²) in [7, 11) is 0. The van der Waals surface area contributed by atoms with E-state index in [1.54, 1.807) is 0 Å². The Morgan fingerprint density at radius 2 is 0.105 bits per heavy atom. The minimum absolute atomic E-state index is 2.37. The standard InChI is InChI=1S/C76H4/c1-3-5-7-9-11-13-15-17-19-21-23-25-27-29-31-33-35-37-39-41-43-45-47-49-51-53-55-57-59-61-63-65-67-69-71-73-75-76-74-72-70-68-66-64-62-60-58-56-54-52-50-48-46-44-42-40-38-36-34-32-30-28-26-24-22-20-18-16-14-12-10-8-6-4-2/h1-2H2. The third-order valence-corrected chi connectivity index (χ3v) is 4.61. The van der Waals surface area contributed by atoms with E-state index in [4.69, 9.17) is 0 Å². The van der Waals surface area contributed by atoms with E-state index in [0.717, 1.165) is 0 Å². The Bertz CT molecular complexity index is 5370. The van der Waals surface area contributed by atoms with Gasteiger partial charge in [0.25, 0.3) is 0 Å². The maximum absolute atomic E-state index is 3.32. The van der Waals surface area contributed by atoms with Gasteiger partial charge in [0, 0.05) is 321 Å². The molecule has 0 radical (unpaired) electrons. The molecule has 0 N–H and O–H groups in total. The molecule has 0 amide bonds. The van der Waals surface area contributed by atoms with Gasteiger partial charge in [0.2, 0.25) is 0 Å². The summed E-state index contributed by atoms with van der Waals surface area (Å²) in [5, 5.41) is 0. The Morgan fingerprint density at radius 1 is 0.0658 bits per heavy atom. The van der Waals surface area contributed by atoms with Gasteiger partial charge in [-0.3, -0.25) is 0 Å². The zero-order valence-corrected chi connectivity index (χ0v) is 38.4. The van der Waals surface area contributed by atoms with E-state index in [-0.39, 0.29) is 0 Å². The lowest BCUT2D eigenvalue weighted by atomic mass is 10.6. The molecule has 0 aromatic heterocycles. The molecule has 76 heavy (non-hydrogen) atoms. The average molecular weight is 917 g/mol. The first-order valence-electron chi connectivity index (χ1n) is 19.0. The van der Waals surface area contributed by atoms with Gasteiger partial charge in [-0.05, 0) is 105 Å². The number of hydrogen-bond donors (Lipinski definition) is 0. The quantitative estimate of drug-likeness (QED) is 0.212. The predicted octanol–water partition coefficient (Wildman–Crippen LogP) is 12.3. The van der Waals surface area contributed by atoms with Gasteiger partial charge in [-0.1, -0.05) is 11.5 Å². The topological polar surface area (TPSA) is 0 Å². The third kappa shape index (κ3) is 57.5. The van der Waals surface area contributed by atoms with Crippen LogP contribution in [0.15, 0.2) is 437 Å². The number of hydrogen-bond acceptors (Lipinski definition) is 0. The molecule has 0 heteroatoms. The van der Waals surface area contributed by atoms with Crippen LogP contribution in [0.1, 0.15) is 0 Å². The van der Waals surface area contributed by atoms with E-state index in [0.29, 0.717) is 0 Å². The summed E-state index contributed by atoms with van der Waals surface area (Å²) >= 11 is 0. The van der Waals surface area contributed by atoms with Gasteiger partial charge < -0.3 is 0 Å². The molecule has 0 saturated heterocycles. The molecule has 0 saturated carbocycles. The third-order valence-electron chi connectivity index (χ3n) is 4.61. The van der Waals surface area contributed by atoms with E-state index < -0.39 is 0 Å². The van der Waals surface area contributed by atoms with Crippen LogP contribution in [0, 0.1) is 0 Å². The largest absolute Gasteiger partial charge is 0.0687 e. The highest BCUT2D eigenvalue weighted by atomic mass is 13.5. The SMILES string of the molecule is C=C=C=C=C=C=C=C=C=C=C=C=C=C=C=C=C=C=C=C=C=C=C=C=C=C=C=C=C=C=C=C=C=C=C=C=C=C=C=C=C=C=C=C=C=C=C=C=C=C=C=C=C=C=C=C=C=C=C=C=C=C=C=C=C=C=C=C=C=C=C=C=C=C=C=C. The minimum Gasteiger partial charge on any atom is -0.0687 e. The molecule has 0 spiro atoms. The second-order valence-corrected chi connectivity index (χ2v) is 9.35. The molecule has 0 aromatic rings. The molecular weight excluding hydrogens is 913 g/mol. The molecular formula is C76H4. The van der Waals surface area contributed by atoms with Crippen molar-refractivity contribution in [1.82, 2.24) is 0 Å². The Hall–Kier alpha value is -16.5. The summed E-state index contributed by atoms with van der Waals surface area (Å²) < 4.78 is 0. The summed E-state index contributed by atoms with van der Waals surface area (Å²) in [6.07, 6.45) is 0. The van der Waals surface area contributed by atoms with Crippen LogP contribution in [0.5, 0.6) is 0 Å². The molecule has 0 bridgehead atoms. The van der Waals surface area contributed by atoms with Crippen molar-refractivity contribution in [2.75, 3.05) is 0 Å². The Kier molecular flexibility index (Phi) is 45.7. The molecule has 0 aliphatic rings. The van der Waals surface area contributed by atoms with Crippen molar-refractivity contribution in [3.8, 4) is 0 Å². The van der Waals surface area contributed by atoms with E-state index in [9.17, 15) is 0 Å². The monoisotopic (exact) mass is 916 g/mol. The first-order chi connectivity index (χ1) is 37.9. The summed E-state index contributed by atoms with van der Waals surface area (Å²) in [5.74, 6) is 0. The van der Waals surface area contributed by atoms with Crippen molar-refractivity contribution in [3.63, 3.8) is 0 Å². The van der Waals surface area contributed by atoms with Crippen molar-refractivity contribution in [2.24, 2.45) is 0 Å². The van der Waals surface area contributed by atoms with Crippen molar-refractivity contribution in [2.45, 2.75) is 0 Å². The van der Waals surface area contributed by atoms with Gasteiger partial charge >= 0.3 is 0 Å². The lowest BCUT2D eigenvalue weighted by Gasteiger charge is -1.41. The van der Waals surface area contributed by atoms with Crippen LogP contribution in [0.25, 0.3) is 0 Å². The summed E-state index contributed by atoms with van der Waals surface area (Å²) in [6.45, 7) is 6.63. The normalized spacial score (nSPS) is 3.95. The summed E-state index contributed by atoms with van der Waals surface area (Å²) in [5.41, 5.74) is 184. The van der Waals surface area contributed by atoms with Crippen LogP contribution < -0.4 is 0 Å². The van der Waals surface area contributed by atoms with Gasteiger partial charge in [-0.15, -0.1) is 0 Å². The van der Waals surface area contributed by atoms with Crippen LogP contribution in [-0.2, 0) is 0 Å². The van der Waals surface area contributed by atoms with Crippen LogP contribution in [0.3, 0.4) is 0 Å². The lowest BCUT2D eigenvalue weighted by Crippen LogP contribution is -1.26. The fraction of sp³-hybridized carbons (Fsp3) is 0. The van der Waals surface area contributed by atoms with Crippen LogP contribution in [0.4, 0.5) is 0 Å². The average Bonchev–Trinajstić information content (AvgIpc) is 3.43. The smallest absolute Gasteiger partial charge is 0 e. The zero-order valence-electron chi connectivity index (χ0n) is 38.4. The van der Waals surface area contributed by atoms with Gasteiger partial charge in [0.15, 0.2) is 0 Å². The first kappa shape index (κ1) is 59.5. The highest BCUT2D eigenvalue weighted by Crippen LogP contribution is 1.64. The molecule has 0 aliphatic carbocycles. The van der Waals surface area contributed by atoms with Crippen LogP contribution >= 0.6 is 0 Å². The second kappa shape index (κ2) is 58.5. The highest BCUT2D eigenvalue weighted by molar-refractivity contribution is 4.99. The Morgan fingerprint density at radius 3 is 0.145 bits per heavy atom. The highest BCUT2D eigenvalue weighted by Gasteiger charge is 1.48.